The molecule has 2 aromatic rings. The molecule has 1 aromatic carbocycles. The zero-order valence-electron chi connectivity index (χ0n) is 7.21. The molecule has 0 fully saturated rings. The van der Waals surface area contributed by atoms with Crippen LogP contribution in [0.1, 0.15) is 0 Å². The van der Waals surface area contributed by atoms with Gasteiger partial charge in [0.1, 0.15) is 0 Å². The van der Waals surface area contributed by atoms with Gasteiger partial charge in [0.2, 0.25) is 0 Å². The number of oxazole rings is 1. The summed E-state index contributed by atoms with van der Waals surface area (Å²) in [7, 11) is 0. The normalized spacial score (nSPS) is 11.9. The topological polar surface area (TPSA) is 61.3 Å². The van der Waals surface area contributed by atoms with Crippen molar-refractivity contribution in [2.45, 2.75) is 6.36 Å². The molecule has 1 aromatic heterocycles. The van der Waals surface area contributed by atoms with E-state index in [1.54, 1.807) is 0 Å². The zero-order chi connectivity index (χ0) is 11.1. The van der Waals surface area contributed by atoms with E-state index in [-0.39, 0.29) is 17.1 Å². The molecule has 2 N–H and O–H groups in total. The van der Waals surface area contributed by atoms with Crippen molar-refractivity contribution in [1.29, 1.82) is 0 Å². The van der Waals surface area contributed by atoms with Gasteiger partial charge in [0.25, 0.3) is 6.01 Å². The van der Waals surface area contributed by atoms with Gasteiger partial charge in [0.15, 0.2) is 16.8 Å². The molecule has 0 aliphatic rings. The smallest absolute Gasteiger partial charge is 0.424 e. The lowest BCUT2D eigenvalue weighted by atomic mass is 10.3. The van der Waals surface area contributed by atoms with E-state index in [1.165, 1.54) is 12.1 Å². The quantitative estimate of drug-likeness (QED) is 0.797. The summed E-state index contributed by atoms with van der Waals surface area (Å²) in [4.78, 5) is 3.58. The van der Waals surface area contributed by atoms with Crippen LogP contribution in [0.15, 0.2) is 22.6 Å². The van der Waals surface area contributed by atoms with Gasteiger partial charge in [-0.1, -0.05) is 6.07 Å². The summed E-state index contributed by atoms with van der Waals surface area (Å²) in [5, 5.41) is 0. The second-order valence-corrected chi connectivity index (χ2v) is 2.70. The van der Waals surface area contributed by atoms with Crippen LogP contribution < -0.4 is 10.5 Å². The van der Waals surface area contributed by atoms with Gasteiger partial charge in [-0.3, -0.25) is 0 Å². The first-order valence-corrected chi connectivity index (χ1v) is 3.86. The van der Waals surface area contributed by atoms with Gasteiger partial charge in [0, 0.05) is 0 Å². The standard InChI is InChI=1S/C8H5F3N2O2/c9-8(10,11)15-5-3-1-2-4-6(5)13-7(12)14-4/h1-3H,(H2,12,13). The van der Waals surface area contributed by atoms with Crippen molar-refractivity contribution < 1.29 is 22.3 Å². The number of hydrogen-bond acceptors (Lipinski definition) is 4. The zero-order valence-corrected chi connectivity index (χ0v) is 7.21. The van der Waals surface area contributed by atoms with Gasteiger partial charge in [-0.25, -0.2) is 0 Å². The number of nitrogen functional groups attached to an aromatic ring is 1. The third-order valence-corrected chi connectivity index (χ3v) is 1.62. The number of anilines is 1. The number of para-hydroxylation sites is 1. The van der Waals surface area contributed by atoms with Crippen molar-refractivity contribution in [2.24, 2.45) is 0 Å². The van der Waals surface area contributed by atoms with Crippen molar-refractivity contribution >= 4 is 17.1 Å². The molecule has 0 radical (unpaired) electrons. The highest BCUT2D eigenvalue weighted by Gasteiger charge is 2.32. The van der Waals surface area contributed by atoms with Gasteiger partial charge < -0.3 is 14.9 Å². The van der Waals surface area contributed by atoms with Gasteiger partial charge in [-0.2, -0.15) is 4.98 Å². The third kappa shape index (κ3) is 1.95. The Morgan fingerprint density at radius 2 is 2.07 bits per heavy atom. The summed E-state index contributed by atoms with van der Waals surface area (Å²) in [5.74, 6) is -0.430. The number of aromatic nitrogens is 1. The average Bonchev–Trinajstić information content (AvgIpc) is 2.43. The molecule has 0 saturated carbocycles. The number of ether oxygens (including phenoxy) is 1. The van der Waals surface area contributed by atoms with Crippen LogP contribution in [0.25, 0.3) is 11.1 Å². The maximum absolute atomic E-state index is 12.0. The molecule has 0 aliphatic heterocycles. The Morgan fingerprint density at radius 3 is 2.73 bits per heavy atom. The summed E-state index contributed by atoms with van der Waals surface area (Å²) < 4.78 is 44.5. The van der Waals surface area contributed by atoms with Crippen molar-refractivity contribution in [3.8, 4) is 5.75 Å². The predicted molar refractivity (Wildman–Crippen MR) is 45.1 cm³/mol. The molecule has 0 saturated heterocycles. The fourth-order valence-electron chi connectivity index (χ4n) is 1.15. The van der Waals surface area contributed by atoms with Crippen molar-refractivity contribution in [2.75, 3.05) is 5.73 Å². The first kappa shape index (κ1) is 9.63. The van der Waals surface area contributed by atoms with E-state index in [4.69, 9.17) is 10.2 Å². The molecule has 4 nitrogen and oxygen atoms in total. The highest BCUT2D eigenvalue weighted by Crippen LogP contribution is 2.30. The van der Waals surface area contributed by atoms with Crippen LogP contribution in [0.2, 0.25) is 0 Å². The third-order valence-electron chi connectivity index (χ3n) is 1.62. The fourth-order valence-corrected chi connectivity index (χ4v) is 1.15. The molecule has 0 unspecified atom stereocenters. The highest BCUT2D eigenvalue weighted by molar-refractivity contribution is 5.80. The number of nitrogens with zero attached hydrogens (tertiary/aromatic N) is 1. The Kier molecular flexibility index (Phi) is 1.95. The first-order valence-electron chi connectivity index (χ1n) is 3.86. The second kappa shape index (κ2) is 3.04. The Balaban J connectivity index is 2.51. The predicted octanol–water partition coefficient (Wildman–Crippen LogP) is 2.31. The van der Waals surface area contributed by atoms with E-state index in [2.05, 4.69) is 9.72 Å². The maximum Gasteiger partial charge on any atom is 0.573 e. The number of halogens is 3. The minimum Gasteiger partial charge on any atom is -0.424 e. The van der Waals surface area contributed by atoms with E-state index < -0.39 is 12.1 Å². The number of rotatable bonds is 1. The molecule has 0 atom stereocenters. The van der Waals surface area contributed by atoms with E-state index >= 15 is 0 Å². The first-order chi connectivity index (χ1) is 6.96. The van der Waals surface area contributed by atoms with Crippen molar-refractivity contribution in [3.63, 3.8) is 0 Å². The number of benzene rings is 1. The van der Waals surface area contributed by atoms with E-state index in [0.29, 0.717) is 0 Å². The number of fused-ring (bicyclic) bond motifs is 1. The van der Waals surface area contributed by atoms with Crippen LogP contribution >= 0.6 is 0 Å². The maximum atomic E-state index is 12.0. The molecule has 15 heavy (non-hydrogen) atoms. The Morgan fingerprint density at radius 1 is 1.33 bits per heavy atom. The van der Waals surface area contributed by atoms with E-state index in [0.717, 1.165) is 6.07 Å². The minimum atomic E-state index is -4.76. The minimum absolute atomic E-state index is 0.0488. The lowest BCUT2D eigenvalue weighted by molar-refractivity contribution is -0.274. The van der Waals surface area contributed by atoms with Gasteiger partial charge in [-0.15, -0.1) is 13.2 Å². The molecule has 0 bridgehead atoms. The van der Waals surface area contributed by atoms with Crippen LogP contribution in [-0.2, 0) is 0 Å². The lowest BCUT2D eigenvalue weighted by Gasteiger charge is -2.07. The van der Waals surface area contributed by atoms with Crippen LogP contribution in [0.5, 0.6) is 5.75 Å². The van der Waals surface area contributed by atoms with E-state index in [1.807, 2.05) is 0 Å². The molecule has 0 aliphatic carbocycles. The second-order valence-electron chi connectivity index (χ2n) is 2.70. The fraction of sp³-hybridized carbons (Fsp3) is 0.125. The van der Waals surface area contributed by atoms with Crippen molar-refractivity contribution in [1.82, 2.24) is 4.98 Å². The summed E-state index contributed by atoms with van der Waals surface area (Å²) in [6.45, 7) is 0. The van der Waals surface area contributed by atoms with Crippen LogP contribution in [0.3, 0.4) is 0 Å². The molecule has 7 heteroatoms. The summed E-state index contributed by atoms with van der Waals surface area (Å²) in [6, 6.07) is 3.73. The van der Waals surface area contributed by atoms with Gasteiger partial charge in [0.05, 0.1) is 0 Å². The number of hydrogen-bond donors (Lipinski definition) is 1. The van der Waals surface area contributed by atoms with Crippen LogP contribution in [0, 0.1) is 0 Å². The number of alkyl halides is 3. The Hall–Kier alpha value is -1.92. The Bertz CT molecular complexity index is 492. The molecule has 0 amide bonds. The largest absolute Gasteiger partial charge is 0.573 e. The van der Waals surface area contributed by atoms with Gasteiger partial charge in [-0.05, 0) is 12.1 Å². The molecule has 1 heterocycles. The molecule has 2 rings (SSSR count). The lowest BCUT2D eigenvalue weighted by Crippen LogP contribution is -2.17. The number of nitrogens with two attached hydrogens (primary N) is 1. The van der Waals surface area contributed by atoms with Gasteiger partial charge >= 0.3 is 6.36 Å². The molecular formula is C8H5F3N2O2. The summed E-state index contributed by atoms with van der Waals surface area (Å²) in [5.41, 5.74) is 5.31. The summed E-state index contributed by atoms with van der Waals surface area (Å²) in [6.07, 6.45) is -4.76. The highest BCUT2D eigenvalue weighted by atomic mass is 19.4. The van der Waals surface area contributed by atoms with Crippen LogP contribution in [-0.4, -0.2) is 11.3 Å². The molecule has 0 spiro atoms. The SMILES string of the molecule is Nc1nc2c(OC(F)(F)F)cccc2o1. The monoisotopic (exact) mass is 218 g/mol. The average molecular weight is 218 g/mol. The van der Waals surface area contributed by atoms with Crippen LogP contribution in [0.4, 0.5) is 19.2 Å². The van der Waals surface area contributed by atoms with Crippen molar-refractivity contribution in [3.05, 3.63) is 18.2 Å². The molecular weight excluding hydrogens is 213 g/mol. The Labute approximate surface area is 81.4 Å². The van der Waals surface area contributed by atoms with E-state index in [9.17, 15) is 13.2 Å². The molecule has 80 valence electrons. The summed E-state index contributed by atoms with van der Waals surface area (Å²) >= 11 is 0.